The summed E-state index contributed by atoms with van der Waals surface area (Å²) >= 11 is 2.69. The molecule has 4 aromatic heterocycles. The molecule has 1 aliphatic carbocycles. The molecule has 8 rings (SSSR count). The van der Waals surface area contributed by atoms with E-state index in [1.54, 1.807) is 28.8 Å². The number of nitrogens with zero attached hydrogens (tertiary/aromatic N) is 2. The number of aryl methyl sites for hydroxylation is 1. The standard InChI is InChI=1S/C40H42N4O8S2/c45-30-10-7-27(28-8-11-35(47)42-36(28)30)31(46)24-41-23-25-6-9-29-32(20-25)52-38(49)44(29)15-3-14-43-16-12-39(13-17-43)21-26(22-39)51-37(48)40(50,33-4-1-18-53-33)34-5-2-19-54-34/h1-2,4-11,18-20,26,31,41,45-46,50H,3,12-17,21-24H2,(H,42,47). The number of H-pyrrole nitrogens is 1. The van der Waals surface area contributed by atoms with Gasteiger partial charge in [0.2, 0.25) is 11.2 Å². The van der Waals surface area contributed by atoms with Crippen molar-refractivity contribution in [1.29, 1.82) is 0 Å². The number of hydrogen-bond acceptors (Lipinski definition) is 12. The number of rotatable bonds is 13. The SMILES string of the molecule is O=C(OC1CC2(CCN(CCCn3c(=O)oc4cc(CNCC(O)c5ccc(O)c6[nH]c(=O)ccc56)ccc43)CC2)C1)C(O)(c1cccs1)c1cccs1. The smallest absolute Gasteiger partial charge is 0.419 e. The van der Waals surface area contributed by atoms with Gasteiger partial charge in [-0.2, -0.15) is 0 Å². The Morgan fingerprint density at radius 3 is 2.46 bits per heavy atom. The average Bonchev–Trinajstić information content (AvgIpc) is 3.95. The van der Waals surface area contributed by atoms with Crippen LogP contribution in [0.1, 0.15) is 59.1 Å². The van der Waals surface area contributed by atoms with Crippen molar-refractivity contribution in [3.05, 3.63) is 119 Å². The van der Waals surface area contributed by atoms with Crippen molar-refractivity contribution < 1.29 is 29.3 Å². The lowest BCUT2D eigenvalue weighted by molar-refractivity contribution is -0.181. The molecule has 1 spiro atoms. The van der Waals surface area contributed by atoms with Crippen LogP contribution >= 0.6 is 22.7 Å². The van der Waals surface area contributed by atoms with E-state index in [9.17, 15) is 29.7 Å². The zero-order valence-corrected chi connectivity index (χ0v) is 31.2. The summed E-state index contributed by atoms with van der Waals surface area (Å²) < 4.78 is 13.2. The van der Waals surface area contributed by atoms with Crippen molar-refractivity contribution >= 4 is 50.6 Å². The number of hydrogen-bond donors (Lipinski definition) is 5. The lowest BCUT2D eigenvalue weighted by atomic mass is 9.61. The number of carbonyl (C=O) groups excluding carboxylic acids is 1. The van der Waals surface area contributed by atoms with Crippen LogP contribution in [-0.4, -0.2) is 68.0 Å². The quantitative estimate of drug-likeness (QED) is 0.0985. The monoisotopic (exact) mass is 770 g/mol. The van der Waals surface area contributed by atoms with Crippen LogP contribution < -0.4 is 16.6 Å². The van der Waals surface area contributed by atoms with Crippen molar-refractivity contribution in [3.63, 3.8) is 0 Å². The fourth-order valence-corrected chi connectivity index (χ4v) is 9.79. The van der Waals surface area contributed by atoms with Gasteiger partial charge in [0, 0.05) is 31.1 Å². The fraction of sp³-hybridized carbons (Fsp3) is 0.375. The van der Waals surface area contributed by atoms with Gasteiger partial charge in [0.15, 0.2) is 5.58 Å². The molecule has 0 bridgehead atoms. The third-order valence-electron chi connectivity index (χ3n) is 11.1. The van der Waals surface area contributed by atoms with E-state index in [1.807, 2.05) is 41.1 Å². The highest BCUT2D eigenvalue weighted by molar-refractivity contribution is 7.12. The number of likely N-dealkylation sites (tertiary alicyclic amines) is 1. The van der Waals surface area contributed by atoms with Crippen LogP contribution in [0.25, 0.3) is 22.0 Å². The van der Waals surface area contributed by atoms with Crippen LogP contribution in [0.3, 0.4) is 0 Å². The second kappa shape index (κ2) is 14.9. The molecule has 12 nitrogen and oxygen atoms in total. The number of esters is 1. The maximum absolute atomic E-state index is 13.4. The molecule has 1 aliphatic heterocycles. The molecule has 0 amide bonds. The number of aliphatic hydroxyl groups excluding tert-OH is 1. The van der Waals surface area contributed by atoms with E-state index in [4.69, 9.17) is 9.15 Å². The van der Waals surface area contributed by atoms with E-state index in [2.05, 4.69) is 15.2 Å². The number of aromatic amines is 1. The minimum atomic E-state index is -1.78. The summed E-state index contributed by atoms with van der Waals surface area (Å²) in [7, 11) is 0. The zero-order chi connectivity index (χ0) is 37.5. The number of phenolic OH excluding ortho intramolecular Hbond substituents is 1. The highest BCUT2D eigenvalue weighted by atomic mass is 32.1. The second-order valence-electron chi connectivity index (χ2n) is 14.5. The molecule has 5 heterocycles. The lowest BCUT2D eigenvalue weighted by Gasteiger charge is -2.51. The molecule has 6 aromatic rings. The van der Waals surface area contributed by atoms with Crippen LogP contribution in [0.2, 0.25) is 0 Å². The minimum Gasteiger partial charge on any atom is -0.506 e. The molecule has 282 valence electrons. The molecule has 1 saturated carbocycles. The van der Waals surface area contributed by atoms with Gasteiger partial charge in [-0.1, -0.05) is 24.3 Å². The Morgan fingerprint density at radius 1 is 1.02 bits per heavy atom. The number of benzene rings is 2. The van der Waals surface area contributed by atoms with Crippen molar-refractivity contribution in [2.24, 2.45) is 5.41 Å². The molecule has 54 heavy (non-hydrogen) atoms. The Kier molecular flexibility index (Phi) is 10.1. The number of fused-ring (bicyclic) bond motifs is 2. The molecular weight excluding hydrogens is 729 g/mol. The number of ether oxygens (including phenoxy) is 1. The van der Waals surface area contributed by atoms with Gasteiger partial charge >= 0.3 is 11.7 Å². The maximum Gasteiger partial charge on any atom is 0.419 e. The first-order chi connectivity index (χ1) is 26.1. The molecule has 5 N–H and O–H groups in total. The highest BCUT2D eigenvalue weighted by Crippen LogP contribution is 2.51. The van der Waals surface area contributed by atoms with E-state index in [0.717, 1.165) is 62.8 Å². The van der Waals surface area contributed by atoms with Gasteiger partial charge in [0.1, 0.15) is 11.9 Å². The Hall–Kier alpha value is -4.57. The predicted octanol–water partition coefficient (Wildman–Crippen LogP) is 5.20. The summed E-state index contributed by atoms with van der Waals surface area (Å²) in [5.74, 6) is -1.05. The molecule has 14 heteroatoms. The number of piperidine rings is 1. The van der Waals surface area contributed by atoms with Crippen LogP contribution in [0, 0.1) is 5.41 Å². The van der Waals surface area contributed by atoms with E-state index in [0.29, 0.717) is 39.4 Å². The van der Waals surface area contributed by atoms with Gasteiger partial charge in [-0.15, -0.1) is 22.7 Å². The van der Waals surface area contributed by atoms with Crippen molar-refractivity contribution in [3.8, 4) is 5.75 Å². The first-order valence-electron chi connectivity index (χ1n) is 18.2. The number of aromatic hydroxyl groups is 1. The molecule has 1 atom stereocenters. The summed E-state index contributed by atoms with van der Waals surface area (Å²) in [6.45, 7) is 3.95. The van der Waals surface area contributed by atoms with Crippen molar-refractivity contribution in [2.75, 3.05) is 26.2 Å². The number of nitrogens with one attached hydrogen (secondary N) is 2. The van der Waals surface area contributed by atoms with Gasteiger partial charge in [-0.05, 0) is 115 Å². The summed E-state index contributed by atoms with van der Waals surface area (Å²) in [5, 5.41) is 40.1. The number of carbonyl (C=O) groups is 1. The average molecular weight is 771 g/mol. The summed E-state index contributed by atoms with van der Waals surface area (Å²) in [5.41, 5.74) is 1.06. The van der Waals surface area contributed by atoms with E-state index < -0.39 is 17.7 Å². The van der Waals surface area contributed by atoms with E-state index >= 15 is 0 Å². The van der Waals surface area contributed by atoms with Crippen molar-refractivity contribution in [1.82, 2.24) is 19.8 Å². The molecule has 2 fully saturated rings. The molecular formula is C40H42N4O8S2. The molecule has 1 saturated heterocycles. The summed E-state index contributed by atoms with van der Waals surface area (Å²) in [4.78, 5) is 44.1. The second-order valence-corrected chi connectivity index (χ2v) is 16.4. The number of oxazole rings is 1. The predicted molar refractivity (Wildman–Crippen MR) is 207 cm³/mol. The maximum atomic E-state index is 13.4. The lowest BCUT2D eigenvalue weighted by Crippen LogP contribution is -2.52. The zero-order valence-electron chi connectivity index (χ0n) is 29.5. The van der Waals surface area contributed by atoms with Crippen molar-refractivity contribution in [2.45, 2.75) is 63.0 Å². The van der Waals surface area contributed by atoms with E-state index in [1.165, 1.54) is 34.8 Å². The van der Waals surface area contributed by atoms with Crippen LogP contribution in [0.4, 0.5) is 0 Å². The van der Waals surface area contributed by atoms with Crippen LogP contribution in [0.15, 0.2) is 91.5 Å². The largest absolute Gasteiger partial charge is 0.506 e. The third-order valence-corrected chi connectivity index (χ3v) is 13.0. The topological polar surface area (TPSA) is 170 Å². The number of pyridine rings is 1. The van der Waals surface area contributed by atoms with Gasteiger partial charge < -0.3 is 39.7 Å². The Balaban J connectivity index is 0.793. The first kappa shape index (κ1) is 36.4. The molecule has 1 unspecified atom stereocenters. The van der Waals surface area contributed by atoms with E-state index in [-0.39, 0.29) is 40.6 Å². The van der Waals surface area contributed by atoms with Crippen LogP contribution in [0.5, 0.6) is 5.75 Å². The molecule has 2 aliphatic rings. The minimum absolute atomic E-state index is 0.0606. The van der Waals surface area contributed by atoms with Gasteiger partial charge in [-0.25, -0.2) is 9.59 Å². The van der Waals surface area contributed by atoms with Gasteiger partial charge in [-0.3, -0.25) is 9.36 Å². The number of aromatic nitrogens is 2. The third kappa shape index (κ3) is 7.05. The highest BCUT2D eigenvalue weighted by Gasteiger charge is 2.51. The number of thiophene rings is 2. The number of phenols is 1. The Morgan fingerprint density at radius 2 is 1.76 bits per heavy atom. The first-order valence-corrected chi connectivity index (χ1v) is 20.0. The van der Waals surface area contributed by atoms with Gasteiger partial charge in [0.05, 0.1) is 26.9 Å². The van der Waals surface area contributed by atoms with Crippen LogP contribution in [-0.2, 0) is 28.2 Å². The van der Waals surface area contributed by atoms with Gasteiger partial charge in [0.25, 0.3) is 0 Å². The summed E-state index contributed by atoms with van der Waals surface area (Å²) in [6.07, 6.45) is 3.39. The fourth-order valence-electron chi connectivity index (χ4n) is 8.07. The molecule has 0 radical (unpaired) electrons. The molecule has 2 aromatic carbocycles. The number of aliphatic hydroxyl groups is 2. The normalized spacial score (nSPS) is 16.9. The summed E-state index contributed by atoms with van der Waals surface area (Å²) in [6, 6.07) is 18.9. The Labute approximate surface area is 318 Å². The Bertz CT molecular complexity index is 2330.